The summed E-state index contributed by atoms with van der Waals surface area (Å²) in [6, 6.07) is 16.6. The van der Waals surface area contributed by atoms with E-state index in [2.05, 4.69) is 5.32 Å². The summed E-state index contributed by atoms with van der Waals surface area (Å²) in [6.07, 6.45) is 0.710. The van der Waals surface area contributed by atoms with Crippen molar-refractivity contribution in [3.63, 3.8) is 0 Å². The van der Waals surface area contributed by atoms with Crippen LogP contribution in [0.4, 0.5) is 14.5 Å². The van der Waals surface area contributed by atoms with E-state index in [1.165, 1.54) is 48.5 Å². The molecule has 4 nitrogen and oxygen atoms in total. The first-order valence-corrected chi connectivity index (χ1v) is 9.24. The first-order chi connectivity index (χ1) is 14.0. The topological polar surface area (TPSA) is 49.4 Å². The van der Waals surface area contributed by atoms with E-state index in [9.17, 15) is 18.4 Å². The zero-order chi connectivity index (χ0) is 20.4. The van der Waals surface area contributed by atoms with Crippen LogP contribution in [0, 0.1) is 11.6 Å². The number of carbonyl (C=O) groups excluding carboxylic acids is 2. The molecule has 0 radical (unpaired) electrons. The highest BCUT2D eigenvalue weighted by Crippen LogP contribution is 2.30. The van der Waals surface area contributed by atoms with E-state index in [0.717, 1.165) is 16.8 Å². The molecule has 3 aromatic rings. The van der Waals surface area contributed by atoms with E-state index in [0.29, 0.717) is 30.6 Å². The molecule has 0 saturated carbocycles. The van der Waals surface area contributed by atoms with Crippen molar-refractivity contribution in [3.8, 4) is 0 Å². The molecular formula is C23H18F2N2O2. The standard InChI is InChI=1S/C23H18F2N2O2/c24-19-6-2-16(3-7-19)22(28)26-14-15-1-10-21-18(13-15)11-12-27(21)23(29)17-4-8-20(25)9-5-17/h1-10,13H,11-12,14H2,(H,26,28). The van der Waals surface area contributed by atoms with Crippen molar-refractivity contribution in [2.75, 3.05) is 11.4 Å². The van der Waals surface area contributed by atoms with Crippen molar-refractivity contribution in [2.45, 2.75) is 13.0 Å². The average Bonchev–Trinajstić information content (AvgIpc) is 3.16. The third-order valence-electron chi connectivity index (χ3n) is 4.94. The van der Waals surface area contributed by atoms with Crippen molar-refractivity contribution in [1.29, 1.82) is 0 Å². The summed E-state index contributed by atoms with van der Waals surface area (Å²) >= 11 is 0. The molecule has 0 saturated heterocycles. The normalized spacial score (nSPS) is 12.6. The van der Waals surface area contributed by atoms with Gasteiger partial charge in [-0.2, -0.15) is 0 Å². The van der Waals surface area contributed by atoms with Crippen LogP contribution in [0.1, 0.15) is 31.8 Å². The third kappa shape index (κ3) is 4.01. The van der Waals surface area contributed by atoms with Crippen LogP contribution in [0.15, 0.2) is 66.7 Å². The van der Waals surface area contributed by atoms with E-state index in [1.54, 1.807) is 4.90 Å². The summed E-state index contributed by atoms with van der Waals surface area (Å²) in [4.78, 5) is 26.6. The van der Waals surface area contributed by atoms with Gasteiger partial charge in [-0.25, -0.2) is 8.78 Å². The van der Waals surface area contributed by atoms with Crippen LogP contribution in [-0.4, -0.2) is 18.4 Å². The zero-order valence-corrected chi connectivity index (χ0v) is 15.5. The maximum absolute atomic E-state index is 13.1. The fourth-order valence-corrected chi connectivity index (χ4v) is 3.41. The second-order valence-electron chi connectivity index (χ2n) is 6.87. The van der Waals surface area contributed by atoms with Crippen LogP contribution in [0.5, 0.6) is 0 Å². The Kier molecular flexibility index (Phi) is 5.08. The van der Waals surface area contributed by atoms with Crippen LogP contribution in [0.3, 0.4) is 0 Å². The van der Waals surface area contributed by atoms with Gasteiger partial charge in [-0.05, 0) is 72.1 Å². The second kappa shape index (κ2) is 7.83. The van der Waals surface area contributed by atoms with Crippen molar-refractivity contribution < 1.29 is 18.4 Å². The lowest BCUT2D eigenvalue weighted by atomic mass is 10.1. The van der Waals surface area contributed by atoms with Crippen molar-refractivity contribution in [1.82, 2.24) is 5.32 Å². The van der Waals surface area contributed by atoms with Gasteiger partial charge in [0, 0.05) is 29.9 Å². The number of amides is 2. The number of rotatable bonds is 4. The molecule has 0 bridgehead atoms. The lowest BCUT2D eigenvalue weighted by Gasteiger charge is -2.18. The summed E-state index contributed by atoms with van der Waals surface area (Å²) in [5.74, 6) is -1.21. The van der Waals surface area contributed by atoms with Crippen LogP contribution in [0.25, 0.3) is 0 Å². The van der Waals surface area contributed by atoms with Crippen molar-refractivity contribution in [3.05, 3.63) is 101 Å². The number of nitrogens with one attached hydrogen (secondary N) is 1. The van der Waals surface area contributed by atoms with Crippen LogP contribution in [-0.2, 0) is 13.0 Å². The number of fused-ring (bicyclic) bond motifs is 1. The van der Waals surface area contributed by atoms with Crippen molar-refractivity contribution in [2.24, 2.45) is 0 Å². The molecule has 2 amide bonds. The molecule has 146 valence electrons. The van der Waals surface area contributed by atoms with Crippen LogP contribution >= 0.6 is 0 Å². The highest BCUT2D eigenvalue weighted by Gasteiger charge is 2.25. The third-order valence-corrected chi connectivity index (χ3v) is 4.94. The van der Waals surface area contributed by atoms with Gasteiger partial charge in [-0.15, -0.1) is 0 Å². The lowest BCUT2D eigenvalue weighted by molar-refractivity contribution is 0.0949. The summed E-state index contributed by atoms with van der Waals surface area (Å²) in [7, 11) is 0. The van der Waals surface area contributed by atoms with Gasteiger partial charge in [0.1, 0.15) is 11.6 Å². The molecule has 4 rings (SSSR count). The first kappa shape index (κ1) is 18.8. The van der Waals surface area contributed by atoms with Crippen LogP contribution < -0.4 is 10.2 Å². The number of nitrogens with zero attached hydrogens (tertiary/aromatic N) is 1. The number of hydrogen-bond donors (Lipinski definition) is 1. The Morgan fingerprint density at radius 3 is 2.14 bits per heavy atom. The highest BCUT2D eigenvalue weighted by molar-refractivity contribution is 6.07. The number of anilines is 1. The SMILES string of the molecule is O=C(NCc1ccc2c(c1)CCN2C(=O)c1ccc(F)cc1)c1ccc(F)cc1. The van der Waals surface area contributed by atoms with Gasteiger partial charge >= 0.3 is 0 Å². The fourth-order valence-electron chi connectivity index (χ4n) is 3.41. The highest BCUT2D eigenvalue weighted by atomic mass is 19.1. The maximum atomic E-state index is 13.1. The van der Waals surface area contributed by atoms with Gasteiger partial charge in [-0.3, -0.25) is 9.59 Å². The molecule has 1 aliphatic rings. The molecule has 1 N–H and O–H groups in total. The Balaban J connectivity index is 1.44. The number of halogens is 2. The van der Waals surface area contributed by atoms with Gasteiger partial charge in [0.2, 0.25) is 0 Å². The molecule has 3 aromatic carbocycles. The van der Waals surface area contributed by atoms with Crippen molar-refractivity contribution >= 4 is 17.5 Å². The minimum atomic E-state index is -0.389. The Labute approximate surface area is 166 Å². The molecule has 29 heavy (non-hydrogen) atoms. The Morgan fingerprint density at radius 2 is 1.48 bits per heavy atom. The molecule has 0 unspecified atom stereocenters. The molecule has 0 aliphatic carbocycles. The molecule has 6 heteroatoms. The monoisotopic (exact) mass is 392 g/mol. The smallest absolute Gasteiger partial charge is 0.258 e. The quantitative estimate of drug-likeness (QED) is 0.727. The summed E-state index contributed by atoms with van der Waals surface area (Å²) < 4.78 is 26.1. The predicted octanol–water partition coefficient (Wildman–Crippen LogP) is 4.10. The minimum absolute atomic E-state index is 0.166. The summed E-state index contributed by atoms with van der Waals surface area (Å²) in [6.45, 7) is 0.881. The van der Waals surface area contributed by atoms with Gasteiger partial charge < -0.3 is 10.2 Å². The van der Waals surface area contributed by atoms with Gasteiger partial charge in [0.05, 0.1) is 0 Å². The Hall–Kier alpha value is -3.54. The Morgan fingerprint density at radius 1 is 0.862 bits per heavy atom. The minimum Gasteiger partial charge on any atom is -0.348 e. The molecular weight excluding hydrogens is 374 g/mol. The summed E-state index contributed by atoms with van der Waals surface area (Å²) in [5, 5.41) is 2.81. The maximum Gasteiger partial charge on any atom is 0.258 e. The second-order valence-corrected chi connectivity index (χ2v) is 6.87. The molecule has 1 heterocycles. The fraction of sp³-hybridized carbons (Fsp3) is 0.130. The van der Waals surface area contributed by atoms with Gasteiger partial charge in [0.15, 0.2) is 0 Å². The molecule has 0 spiro atoms. The molecule has 1 aliphatic heterocycles. The molecule has 0 fully saturated rings. The van der Waals surface area contributed by atoms with E-state index in [4.69, 9.17) is 0 Å². The zero-order valence-electron chi connectivity index (χ0n) is 15.5. The van der Waals surface area contributed by atoms with Gasteiger partial charge in [-0.1, -0.05) is 12.1 Å². The van der Waals surface area contributed by atoms with E-state index >= 15 is 0 Å². The van der Waals surface area contributed by atoms with E-state index in [-0.39, 0.29) is 23.4 Å². The van der Waals surface area contributed by atoms with Gasteiger partial charge in [0.25, 0.3) is 11.8 Å². The number of carbonyl (C=O) groups is 2. The number of hydrogen-bond acceptors (Lipinski definition) is 2. The van der Waals surface area contributed by atoms with Crippen LogP contribution in [0.2, 0.25) is 0 Å². The predicted molar refractivity (Wildman–Crippen MR) is 106 cm³/mol. The number of benzene rings is 3. The average molecular weight is 392 g/mol. The first-order valence-electron chi connectivity index (χ1n) is 9.24. The Bertz CT molecular complexity index is 1060. The molecule has 0 atom stereocenters. The summed E-state index contributed by atoms with van der Waals surface area (Å²) in [5.41, 5.74) is 3.59. The lowest BCUT2D eigenvalue weighted by Crippen LogP contribution is -2.28. The largest absolute Gasteiger partial charge is 0.348 e. The van der Waals surface area contributed by atoms with E-state index < -0.39 is 0 Å². The van der Waals surface area contributed by atoms with E-state index in [1.807, 2.05) is 18.2 Å². The molecule has 0 aromatic heterocycles.